The third-order valence-corrected chi connectivity index (χ3v) is 5.55. The molecule has 0 spiro atoms. The van der Waals surface area contributed by atoms with Crippen LogP contribution in [0.5, 0.6) is 0 Å². The molecule has 0 saturated heterocycles. The van der Waals surface area contributed by atoms with Crippen molar-refractivity contribution in [3.8, 4) is 0 Å². The fourth-order valence-electron chi connectivity index (χ4n) is 3.51. The number of hydrogen-bond donors (Lipinski definition) is 1. The van der Waals surface area contributed by atoms with Crippen molar-refractivity contribution in [2.75, 3.05) is 20.6 Å². The van der Waals surface area contributed by atoms with E-state index in [1.807, 2.05) is 18.0 Å². The van der Waals surface area contributed by atoms with Crippen LogP contribution >= 0.6 is 23.2 Å². The van der Waals surface area contributed by atoms with Gasteiger partial charge in [0.05, 0.1) is 29.7 Å². The zero-order chi connectivity index (χ0) is 17.0. The van der Waals surface area contributed by atoms with Gasteiger partial charge in [0.1, 0.15) is 6.04 Å². The Bertz CT molecular complexity index is 576. The summed E-state index contributed by atoms with van der Waals surface area (Å²) in [5, 5.41) is 0.886. The fourth-order valence-corrected chi connectivity index (χ4v) is 3.81. The number of carbonyl (C=O) groups excluding carboxylic acids is 1. The number of likely N-dealkylation sites (N-methyl/N-ethyl adjacent to an activating group) is 2. The van der Waals surface area contributed by atoms with Gasteiger partial charge in [-0.2, -0.15) is 0 Å². The number of rotatable bonds is 5. The van der Waals surface area contributed by atoms with Gasteiger partial charge >= 0.3 is 0 Å². The average molecular weight is 356 g/mol. The van der Waals surface area contributed by atoms with Crippen LogP contribution in [0.3, 0.4) is 0 Å². The van der Waals surface area contributed by atoms with E-state index in [4.69, 9.17) is 23.2 Å². The number of carbonyl (C=O) groups is 1. The van der Waals surface area contributed by atoms with E-state index in [1.165, 1.54) is 17.7 Å². The second kappa shape index (κ2) is 8.18. The SMILES string of the molecule is C=CC[NH+](C)C1CCCCC1N(C)C(=O)c1ccc(Cl)c(Cl)c1. The molecule has 1 N–H and O–H groups in total. The Balaban J connectivity index is 2.18. The minimum atomic E-state index is 0.00636. The molecular weight excluding hydrogens is 331 g/mol. The quantitative estimate of drug-likeness (QED) is 0.806. The Labute approximate surface area is 148 Å². The van der Waals surface area contributed by atoms with Gasteiger partial charge in [0.2, 0.25) is 0 Å². The van der Waals surface area contributed by atoms with Crippen molar-refractivity contribution in [3.63, 3.8) is 0 Å². The molecule has 3 nitrogen and oxygen atoms in total. The molecule has 23 heavy (non-hydrogen) atoms. The van der Waals surface area contributed by atoms with Gasteiger partial charge in [-0.05, 0) is 37.1 Å². The Hall–Kier alpha value is -1.03. The Kier molecular flexibility index (Phi) is 6.51. The second-order valence-electron chi connectivity index (χ2n) is 6.34. The summed E-state index contributed by atoms with van der Waals surface area (Å²) in [6.45, 7) is 4.75. The number of nitrogens with one attached hydrogen (secondary N) is 1. The first-order valence-electron chi connectivity index (χ1n) is 8.11. The maximum atomic E-state index is 12.8. The molecule has 0 radical (unpaired) electrons. The molecule has 1 aromatic rings. The molecule has 3 unspecified atom stereocenters. The number of quaternary nitrogens is 1. The highest BCUT2D eigenvalue weighted by Gasteiger charge is 2.36. The fraction of sp³-hybridized carbons (Fsp3) is 0.500. The molecule has 1 aliphatic carbocycles. The van der Waals surface area contributed by atoms with Crippen LogP contribution in [0.2, 0.25) is 10.0 Å². The zero-order valence-electron chi connectivity index (χ0n) is 13.8. The lowest BCUT2D eigenvalue weighted by Crippen LogP contribution is -3.14. The summed E-state index contributed by atoms with van der Waals surface area (Å²) >= 11 is 12.0. The lowest BCUT2D eigenvalue weighted by atomic mass is 9.88. The molecular formula is C18H25Cl2N2O+. The van der Waals surface area contributed by atoms with E-state index in [0.29, 0.717) is 21.7 Å². The van der Waals surface area contributed by atoms with Crippen LogP contribution in [0, 0.1) is 0 Å². The van der Waals surface area contributed by atoms with Gasteiger partial charge < -0.3 is 9.80 Å². The van der Waals surface area contributed by atoms with Crippen LogP contribution in [-0.4, -0.2) is 43.5 Å². The van der Waals surface area contributed by atoms with Gasteiger partial charge in [0, 0.05) is 19.0 Å². The van der Waals surface area contributed by atoms with Gasteiger partial charge in [-0.3, -0.25) is 4.79 Å². The number of amides is 1. The highest BCUT2D eigenvalue weighted by atomic mass is 35.5. The van der Waals surface area contributed by atoms with Crippen molar-refractivity contribution in [1.29, 1.82) is 0 Å². The highest BCUT2D eigenvalue weighted by molar-refractivity contribution is 6.42. The molecule has 0 aliphatic heterocycles. The van der Waals surface area contributed by atoms with Gasteiger partial charge in [0.15, 0.2) is 0 Å². The maximum absolute atomic E-state index is 12.8. The van der Waals surface area contributed by atoms with E-state index in [1.54, 1.807) is 18.2 Å². The highest BCUT2D eigenvalue weighted by Crippen LogP contribution is 2.26. The molecule has 0 aromatic heterocycles. The largest absolute Gasteiger partial charge is 0.333 e. The van der Waals surface area contributed by atoms with Crippen molar-refractivity contribution >= 4 is 29.1 Å². The third kappa shape index (κ3) is 4.28. The Morgan fingerprint density at radius 1 is 1.35 bits per heavy atom. The van der Waals surface area contributed by atoms with Crippen LogP contribution < -0.4 is 4.90 Å². The van der Waals surface area contributed by atoms with Gasteiger partial charge in [-0.1, -0.05) is 36.2 Å². The number of nitrogens with zero attached hydrogens (tertiary/aromatic N) is 1. The topological polar surface area (TPSA) is 24.8 Å². The number of benzene rings is 1. The lowest BCUT2D eigenvalue weighted by Gasteiger charge is -2.39. The first-order valence-corrected chi connectivity index (χ1v) is 8.86. The molecule has 126 valence electrons. The van der Waals surface area contributed by atoms with Crippen LogP contribution in [0.25, 0.3) is 0 Å². The molecule has 2 rings (SSSR count). The van der Waals surface area contributed by atoms with Crippen LogP contribution in [0.1, 0.15) is 36.0 Å². The van der Waals surface area contributed by atoms with Crippen molar-refractivity contribution in [2.24, 2.45) is 0 Å². The van der Waals surface area contributed by atoms with Gasteiger partial charge in [-0.25, -0.2) is 0 Å². The second-order valence-corrected chi connectivity index (χ2v) is 7.16. The first kappa shape index (κ1) is 18.3. The summed E-state index contributed by atoms with van der Waals surface area (Å²) in [6.07, 6.45) is 6.53. The molecule has 1 aliphatic rings. The van der Waals surface area contributed by atoms with Crippen LogP contribution in [-0.2, 0) is 0 Å². The van der Waals surface area contributed by atoms with Crippen LogP contribution in [0.4, 0.5) is 0 Å². The standard InChI is InChI=1S/C18H24Cl2N2O/c1-4-11-21(2)16-7-5-6-8-17(16)22(3)18(23)13-9-10-14(19)15(20)12-13/h4,9-10,12,16-17H,1,5-8,11H2,2-3H3/p+1. The summed E-state index contributed by atoms with van der Waals surface area (Å²) in [6, 6.07) is 5.76. The summed E-state index contributed by atoms with van der Waals surface area (Å²) in [4.78, 5) is 16.1. The molecule has 1 fully saturated rings. The third-order valence-electron chi connectivity index (χ3n) is 4.81. The van der Waals surface area contributed by atoms with Crippen molar-refractivity contribution in [1.82, 2.24) is 4.90 Å². The lowest BCUT2D eigenvalue weighted by molar-refractivity contribution is -0.903. The van der Waals surface area contributed by atoms with E-state index in [-0.39, 0.29) is 11.9 Å². The monoisotopic (exact) mass is 355 g/mol. The molecule has 3 atom stereocenters. The van der Waals surface area contributed by atoms with E-state index >= 15 is 0 Å². The number of halogens is 2. The van der Waals surface area contributed by atoms with E-state index < -0.39 is 0 Å². The predicted molar refractivity (Wildman–Crippen MR) is 96.6 cm³/mol. The van der Waals surface area contributed by atoms with E-state index in [2.05, 4.69) is 13.6 Å². The number of hydrogen-bond acceptors (Lipinski definition) is 1. The van der Waals surface area contributed by atoms with Crippen molar-refractivity contribution < 1.29 is 9.69 Å². The zero-order valence-corrected chi connectivity index (χ0v) is 15.3. The first-order chi connectivity index (χ1) is 11.0. The van der Waals surface area contributed by atoms with Gasteiger partial charge in [-0.15, -0.1) is 0 Å². The minimum absolute atomic E-state index is 0.00636. The molecule has 1 amide bonds. The predicted octanol–water partition coefficient (Wildman–Crippen LogP) is 3.08. The normalized spacial score (nSPS) is 22.4. The maximum Gasteiger partial charge on any atom is 0.254 e. The van der Waals surface area contributed by atoms with Gasteiger partial charge in [0.25, 0.3) is 5.91 Å². The Morgan fingerprint density at radius 3 is 2.70 bits per heavy atom. The average Bonchev–Trinajstić information content (AvgIpc) is 2.56. The molecule has 0 heterocycles. The van der Waals surface area contributed by atoms with Crippen molar-refractivity contribution in [2.45, 2.75) is 37.8 Å². The Morgan fingerprint density at radius 2 is 2.04 bits per heavy atom. The summed E-state index contributed by atoms with van der Waals surface area (Å²) < 4.78 is 0. The molecule has 0 bridgehead atoms. The summed E-state index contributed by atoms with van der Waals surface area (Å²) in [7, 11) is 4.08. The van der Waals surface area contributed by atoms with Crippen molar-refractivity contribution in [3.05, 3.63) is 46.5 Å². The summed E-state index contributed by atoms with van der Waals surface area (Å²) in [5.74, 6) is 0.00636. The summed E-state index contributed by atoms with van der Waals surface area (Å²) in [5.41, 5.74) is 0.590. The van der Waals surface area contributed by atoms with E-state index in [0.717, 1.165) is 19.4 Å². The van der Waals surface area contributed by atoms with E-state index in [9.17, 15) is 4.79 Å². The molecule has 1 aromatic carbocycles. The molecule has 5 heteroatoms. The minimum Gasteiger partial charge on any atom is -0.333 e. The van der Waals surface area contributed by atoms with Crippen LogP contribution in [0.15, 0.2) is 30.9 Å². The smallest absolute Gasteiger partial charge is 0.254 e. The molecule has 1 saturated carbocycles.